The van der Waals surface area contributed by atoms with Gasteiger partial charge in [-0.15, -0.1) is 0 Å². The van der Waals surface area contributed by atoms with E-state index in [1.54, 1.807) is 18.2 Å². The van der Waals surface area contributed by atoms with Crippen LogP contribution in [0.3, 0.4) is 0 Å². The number of halogens is 2. The van der Waals surface area contributed by atoms with Gasteiger partial charge in [0, 0.05) is 16.7 Å². The maximum Gasteiger partial charge on any atom is 0.301 e. The molecule has 3 aromatic rings. The van der Waals surface area contributed by atoms with Crippen molar-refractivity contribution in [1.82, 2.24) is 0 Å². The molecule has 3 aromatic carbocycles. The van der Waals surface area contributed by atoms with E-state index < -0.39 is 21.2 Å². The van der Waals surface area contributed by atoms with Gasteiger partial charge in [-0.05, 0) is 36.8 Å². The van der Waals surface area contributed by atoms with E-state index in [1.807, 2.05) is 25.1 Å². The lowest BCUT2D eigenvalue weighted by atomic mass is 10.2. The maximum atomic E-state index is 11.2. The molecule has 0 aromatic heterocycles. The van der Waals surface area contributed by atoms with Gasteiger partial charge in [0.2, 0.25) is 0 Å². The summed E-state index contributed by atoms with van der Waals surface area (Å²) >= 11 is 12.6. The molecule has 3 rings (SSSR count). The zero-order chi connectivity index (χ0) is 24.7. The molecule has 0 saturated heterocycles. The summed E-state index contributed by atoms with van der Waals surface area (Å²) in [6.07, 6.45) is 1.37. The zero-order valence-corrected chi connectivity index (χ0v) is 19.2. The lowest BCUT2D eigenvalue weighted by Crippen LogP contribution is -2.02. The van der Waals surface area contributed by atoms with E-state index in [4.69, 9.17) is 32.7 Å². The minimum Gasteiger partial charge on any atom is -0.490 e. The van der Waals surface area contributed by atoms with Gasteiger partial charge in [0.05, 0.1) is 33.8 Å². The fraction of sp³-hybridized carbons (Fsp3) is 0.136. The van der Waals surface area contributed by atoms with Gasteiger partial charge in [-0.2, -0.15) is 5.10 Å². The van der Waals surface area contributed by atoms with E-state index in [0.29, 0.717) is 28.7 Å². The zero-order valence-electron chi connectivity index (χ0n) is 17.7. The van der Waals surface area contributed by atoms with Crippen LogP contribution in [0.25, 0.3) is 0 Å². The highest BCUT2D eigenvalue weighted by Crippen LogP contribution is 2.37. The Labute approximate surface area is 204 Å². The number of nitro benzene ring substituents is 2. The van der Waals surface area contributed by atoms with Crippen molar-refractivity contribution in [2.75, 3.05) is 12.0 Å². The number of anilines is 1. The van der Waals surface area contributed by atoms with E-state index in [0.717, 1.165) is 17.7 Å². The SMILES string of the molecule is CCOc1cc(/C=N\Nc2ccc([N+](=O)[O-])cc2[N+](=O)[O-])cc(Cl)c1OCc1ccccc1Cl. The van der Waals surface area contributed by atoms with Crippen LogP contribution in [0.4, 0.5) is 17.1 Å². The van der Waals surface area contributed by atoms with E-state index in [2.05, 4.69) is 10.5 Å². The Balaban J connectivity index is 1.81. The molecule has 0 atom stereocenters. The fourth-order valence-electron chi connectivity index (χ4n) is 2.89. The number of ether oxygens (including phenoxy) is 2. The van der Waals surface area contributed by atoms with Crippen LogP contribution < -0.4 is 14.9 Å². The molecule has 0 radical (unpaired) electrons. The van der Waals surface area contributed by atoms with Crippen molar-refractivity contribution in [2.45, 2.75) is 13.5 Å². The predicted octanol–water partition coefficient (Wildman–Crippen LogP) is 6.23. The normalized spacial score (nSPS) is 10.8. The Hall–Kier alpha value is -3.89. The molecule has 0 saturated carbocycles. The van der Waals surface area contributed by atoms with Gasteiger partial charge in [0.15, 0.2) is 11.5 Å². The van der Waals surface area contributed by atoms with Gasteiger partial charge in [0.1, 0.15) is 12.3 Å². The molecule has 0 unspecified atom stereocenters. The number of benzene rings is 3. The summed E-state index contributed by atoms with van der Waals surface area (Å²) in [5.41, 5.74) is 2.93. The Morgan fingerprint density at radius 3 is 2.44 bits per heavy atom. The first-order valence-electron chi connectivity index (χ1n) is 9.84. The molecule has 1 N–H and O–H groups in total. The molecule has 34 heavy (non-hydrogen) atoms. The van der Waals surface area contributed by atoms with E-state index in [9.17, 15) is 20.2 Å². The highest BCUT2D eigenvalue weighted by Gasteiger charge is 2.19. The third kappa shape index (κ3) is 6.12. The van der Waals surface area contributed by atoms with Gasteiger partial charge in [-0.1, -0.05) is 41.4 Å². The van der Waals surface area contributed by atoms with Gasteiger partial charge in [-0.25, -0.2) is 0 Å². The highest BCUT2D eigenvalue weighted by molar-refractivity contribution is 6.32. The number of nitrogens with zero attached hydrogens (tertiary/aromatic N) is 3. The van der Waals surface area contributed by atoms with Crippen molar-refractivity contribution < 1.29 is 19.3 Å². The average molecular weight is 505 g/mol. The summed E-state index contributed by atoms with van der Waals surface area (Å²) in [5, 5.41) is 26.9. The third-order valence-corrected chi connectivity index (χ3v) is 5.10. The molecule has 0 bridgehead atoms. The standard InChI is InChI=1S/C22H18Cl2N4O6/c1-2-33-21-10-14(9-18(24)22(21)34-13-15-5-3-4-6-17(15)23)12-25-26-19-8-7-16(27(29)30)11-20(19)28(31)32/h3-12,26H,2,13H2,1H3/b25-12-. The number of rotatable bonds is 10. The first kappa shape index (κ1) is 24.7. The highest BCUT2D eigenvalue weighted by atomic mass is 35.5. The van der Waals surface area contributed by atoms with E-state index in [1.165, 1.54) is 12.3 Å². The van der Waals surface area contributed by atoms with Gasteiger partial charge in [-0.3, -0.25) is 25.7 Å². The monoisotopic (exact) mass is 504 g/mol. The number of hydrazone groups is 1. The molecule has 0 aliphatic rings. The average Bonchev–Trinajstić information content (AvgIpc) is 2.79. The van der Waals surface area contributed by atoms with E-state index in [-0.39, 0.29) is 17.3 Å². The topological polar surface area (TPSA) is 129 Å². The lowest BCUT2D eigenvalue weighted by Gasteiger charge is -2.15. The van der Waals surface area contributed by atoms with Crippen LogP contribution in [0.15, 0.2) is 59.7 Å². The lowest BCUT2D eigenvalue weighted by molar-refractivity contribution is -0.393. The molecular formula is C22H18Cl2N4O6. The fourth-order valence-corrected chi connectivity index (χ4v) is 3.35. The first-order valence-corrected chi connectivity index (χ1v) is 10.6. The predicted molar refractivity (Wildman–Crippen MR) is 129 cm³/mol. The first-order chi connectivity index (χ1) is 16.3. The molecule has 0 aliphatic heterocycles. The Kier molecular flexibility index (Phi) is 8.23. The summed E-state index contributed by atoms with van der Waals surface area (Å²) in [6, 6.07) is 13.7. The molecule has 12 heteroatoms. The summed E-state index contributed by atoms with van der Waals surface area (Å²) in [6.45, 7) is 2.34. The number of non-ortho nitro benzene ring substituents is 1. The molecule has 0 aliphatic carbocycles. The Bertz CT molecular complexity index is 1250. The number of nitrogens with one attached hydrogen (secondary N) is 1. The smallest absolute Gasteiger partial charge is 0.301 e. The van der Waals surface area contributed by atoms with Crippen molar-refractivity contribution >= 4 is 46.5 Å². The van der Waals surface area contributed by atoms with Gasteiger partial charge >= 0.3 is 5.69 Å². The van der Waals surface area contributed by atoms with Crippen molar-refractivity contribution in [3.05, 3.63) is 96.0 Å². The van der Waals surface area contributed by atoms with Crippen molar-refractivity contribution in [1.29, 1.82) is 0 Å². The van der Waals surface area contributed by atoms with Crippen LogP contribution >= 0.6 is 23.2 Å². The van der Waals surface area contributed by atoms with Gasteiger partial charge in [0.25, 0.3) is 5.69 Å². The summed E-state index contributed by atoms with van der Waals surface area (Å²) in [4.78, 5) is 20.7. The molecule has 0 heterocycles. The summed E-state index contributed by atoms with van der Waals surface area (Å²) < 4.78 is 11.5. The van der Waals surface area contributed by atoms with Crippen LogP contribution in [-0.2, 0) is 6.61 Å². The van der Waals surface area contributed by atoms with Gasteiger partial charge < -0.3 is 9.47 Å². The van der Waals surface area contributed by atoms with E-state index >= 15 is 0 Å². The third-order valence-electron chi connectivity index (χ3n) is 4.45. The number of hydrogen-bond donors (Lipinski definition) is 1. The molecule has 0 amide bonds. The van der Waals surface area contributed by atoms with Crippen LogP contribution in [0.5, 0.6) is 11.5 Å². The molecule has 0 fully saturated rings. The number of hydrogen-bond acceptors (Lipinski definition) is 8. The second-order valence-corrected chi connectivity index (χ2v) is 7.54. The molecule has 0 spiro atoms. The van der Waals surface area contributed by atoms with Crippen LogP contribution in [0.2, 0.25) is 10.0 Å². The number of nitro groups is 2. The van der Waals surface area contributed by atoms with Crippen LogP contribution in [0.1, 0.15) is 18.1 Å². The second kappa shape index (κ2) is 11.3. The molecule has 176 valence electrons. The van der Waals surface area contributed by atoms with Crippen LogP contribution in [0, 0.1) is 20.2 Å². The Morgan fingerprint density at radius 1 is 1.00 bits per heavy atom. The minimum atomic E-state index is -0.736. The summed E-state index contributed by atoms with van der Waals surface area (Å²) in [7, 11) is 0. The van der Waals surface area contributed by atoms with Crippen LogP contribution in [-0.4, -0.2) is 22.7 Å². The minimum absolute atomic E-state index is 0.0114. The second-order valence-electron chi connectivity index (χ2n) is 6.73. The van der Waals surface area contributed by atoms with Crippen molar-refractivity contribution in [3.63, 3.8) is 0 Å². The molecular weight excluding hydrogens is 487 g/mol. The largest absolute Gasteiger partial charge is 0.490 e. The maximum absolute atomic E-state index is 11.2. The Morgan fingerprint density at radius 2 is 1.76 bits per heavy atom. The summed E-state index contributed by atoms with van der Waals surface area (Å²) in [5.74, 6) is 0.712. The molecule has 10 nitrogen and oxygen atoms in total. The van der Waals surface area contributed by atoms with Crippen molar-refractivity contribution in [3.8, 4) is 11.5 Å². The quantitative estimate of drug-likeness (QED) is 0.196. The van der Waals surface area contributed by atoms with Crippen molar-refractivity contribution in [2.24, 2.45) is 5.10 Å².